The van der Waals surface area contributed by atoms with Gasteiger partial charge in [-0.3, -0.25) is 9.69 Å². The molecule has 3 aromatic rings. The van der Waals surface area contributed by atoms with Gasteiger partial charge in [0.15, 0.2) is 0 Å². The lowest BCUT2D eigenvalue weighted by atomic mass is 10.1. The van der Waals surface area contributed by atoms with Gasteiger partial charge < -0.3 is 5.32 Å². The molecule has 1 amide bonds. The molecule has 1 N–H and O–H groups in total. The number of hydrogen-bond acceptors (Lipinski definition) is 5. The van der Waals surface area contributed by atoms with Crippen LogP contribution in [0.25, 0.3) is 0 Å². The molecular weight excluding hydrogens is 422 g/mol. The molecule has 1 aromatic heterocycles. The van der Waals surface area contributed by atoms with Gasteiger partial charge in [-0.1, -0.05) is 49.2 Å². The molecule has 4 nitrogen and oxygen atoms in total. The van der Waals surface area contributed by atoms with Crippen LogP contribution in [0.15, 0.2) is 64.3 Å². The van der Waals surface area contributed by atoms with Crippen molar-refractivity contribution in [1.82, 2.24) is 15.2 Å². The molecule has 0 spiro atoms. The molecule has 162 valence electrons. The van der Waals surface area contributed by atoms with E-state index in [4.69, 9.17) is 0 Å². The second kappa shape index (κ2) is 11.5. The number of nitrogens with one attached hydrogen (secondary N) is 1. The van der Waals surface area contributed by atoms with E-state index in [2.05, 4.69) is 39.5 Å². The third kappa shape index (κ3) is 6.66. The van der Waals surface area contributed by atoms with Crippen LogP contribution in [0.5, 0.6) is 0 Å². The number of thiazole rings is 1. The van der Waals surface area contributed by atoms with Gasteiger partial charge in [0.1, 0.15) is 0 Å². The van der Waals surface area contributed by atoms with Gasteiger partial charge in [-0.05, 0) is 49.2 Å². The number of benzene rings is 2. The summed E-state index contributed by atoms with van der Waals surface area (Å²) in [5.41, 5.74) is 6.09. The van der Waals surface area contributed by atoms with Crippen LogP contribution in [0.2, 0.25) is 0 Å². The van der Waals surface area contributed by atoms with Crippen molar-refractivity contribution in [1.29, 1.82) is 0 Å². The normalized spacial score (nSPS) is 14.8. The fourth-order valence-electron chi connectivity index (χ4n) is 3.91. The molecule has 0 atom stereocenters. The first-order valence-corrected chi connectivity index (χ1v) is 12.9. The summed E-state index contributed by atoms with van der Waals surface area (Å²) in [5, 5.41) is 5.16. The summed E-state index contributed by atoms with van der Waals surface area (Å²) in [7, 11) is 0. The van der Waals surface area contributed by atoms with Crippen LogP contribution >= 0.6 is 23.1 Å². The van der Waals surface area contributed by atoms with Gasteiger partial charge in [0, 0.05) is 29.1 Å². The lowest BCUT2D eigenvalue weighted by Crippen LogP contribution is -2.25. The summed E-state index contributed by atoms with van der Waals surface area (Å²) in [5.74, 6) is 0.742. The molecule has 4 rings (SSSR count). The van der Waals surface area contributed by atoms with Gasteiger partial charge in [0.25, 0.3) is 5.91 Å². The zero-order valence-corrected chi connectivity index (χ0v) is 19.4. The summed E-state index contributed by atoms with van der Waals surface area (Å²) < 4.78 is 0. The first-order chi connectivity index (χ1) is 15.3. The van der Waals surface area contributed by atoms with E-state index in [0.29, 0.717) is 6.54 Å². The Morgan fingerprint density at radius 2 is 1.84 bits per heavy atom. The number of carbonyl (C=O) groups excluding carboxylic acids is 1. The quantitative estimate of drug-likeness (QED) is 0.444. The molecule has 0 bridgehead atoms. The molecule has 1 saturated heterocycles. The van der Waals surface area contributed by atoms with Gasteiger partial charge >= 0.3 is 0 Å². The van der Waals surface area contributed by atoms with Gasteiger partial charge in [-0.2, -0.15) is 0 Å². The highest BCUT2D eigenvalue weighted by Gasteiger charge is 2.13. The fourth-order valence-corrected chi connectivity index (χ4v) is 5.52. The number of hydrogen-bond donors (Lipinski definition) is 1. The highest BCUT2D eigenvalue weighted by molar-refractivity contribution is 7.98. The van der Waals surface area contributed by atoms with Crippen molar-refractivity contribution in [2.24, 2.45) is 0 Å². The fraction of sp³-hybridized carbons (Fsp3) is 0.360. The van der Waals surface area contributed by atoms with Crippen LogP contribution in [0, 0.1) is 0 Å². The van der Waals surface area contributed by atoms with Crippen LogP contribution in [0.4, 0.5) is 0 Å². The molecule has 1 aliphatic rings. The number of likely N-dealkylation sites (tertiary alicyclic amines) is 1. The van der Waals surface area contributed by atoms with Crippen LogP contribution < -0.4 is 5.32 Å². The van der Waals surface area contributed by atoms with Gasteiger partial charge in [0.05, 0.1) is 16.8 Å². The molecule has 0 unspecified atom stereocenters. The number of amides is 1. The van der Waals surface area contributed by atoms with E-state index in [1.807, 2.05) is 35.2 Å². The third-order valence-corrected chi connectivity index (χ3v) is 7.28. The highest BCUT2D eigenvalue weighted by Crippen LogP contribution is 2.26. The highest BCUT2D eigenvalue weighted by atomic mass is 32.2. The number of rotatable bonds is 8. The van der Waals surface area contributed by atoms with Crippen molar-refractivity contribution < 1.29 is 4.79 Å². The van der Waals surface area contributed by atoms with Crippen molar-refractivity contribution in [2.45, 2.75) is 49.4 Å². The van der Waals surface area contributed by atoms with Crippen LogP contribution in [0.1, 0.15) is 52.9 Å². The maximum Gasteiger partial charge on any atom is 0.252 e. The van der Waals surface area contributed by atoms with E-state index >= 15 is 0 Å². The molecule has 31 heavy (non-hydrogen) atoms. The molecule has 0 saturated carbocycles. The van der Waals surface area contributed by atoms with E-state index in [1.54, 1.807) is 23.1 Å². The zero-order chi connectivity index (χ0) is 21.3. The standard InChI is InChI=1S/C25H29N3OS2/c29-25(23-10-3-4-11-24(23)31-18-22-17-30-19-27-22)26-15-20-8-7-9-21(14-20)16-28-12-5-1-2-6-13-28/h3-4,7-11,14,17,19H,1-2,5-6,12-13,15-16,18H2,(H,26,29). The molecule has 0 radical (unpaired) electrons. The zero-order valence-electron chi connectivity index (χ0n) is 17.8. The minimum atomic E-state index is -0.0284. The number of aromatic nitrogens is 1. The van der Waals surface area contributed by atoms with E-state index in [1.165, 1.54) is 44.3 Å². The first kappa shape index (κ1) is 22.1. The second-order valence-corrected chi connectivity index (χ2v) is 9.69. The SMILES string of the molecule is O=C(NCc1cccc(CN2CCCCCC2)c1)c1ccccc1SCc1cscn1. The van der Waals surface area contributed by atoms with E-state index in [0.717, 1.165) is 34.0 Å². The van der Waals surface area contributed by atoms with Crippen LogP contribution in [-0.4, -0.2) is 28.9 Å². The Kier molecular flexibility index (Phi) is 8.16. The van der Waals surface area contributed by atoms with Crippen LogP contribution in [0.3, 0.4) is 0 Å². The molecular formula is C25H29N3OS2. The maximum atomic E-state index is 12.9. The van der Waals surface area contributed by atoms with Crippen molar-refractivity contribution >= 4 is 29.0 Å². The molecule has 1 aliphatic heterocycles. The monoisotopic (exact) mass is 451 g/mol. The average Bonchev–Trinajstić information content (AvgIpc) is 3.20. The Hall–Kier alpha value is -2.15. The predicted octanol–water partition coefficient (Wildman–Crippen LogP) is 5.74. The molecule has 0 aliphatic carbocycles. The Bertz CT molecular complexity index is 966. The number of carbonyl (C=O) groups is 1. The van der Waals surface area contributed by atoms with Crippen molar-refractivity contribution in [3.05, 3.63) is 81.8 Å². The lowest BCUT2D eigenvalue weighted by molar-refractivity contribution is 0.0948. The molecule has 2 aromatic carbocycles. The first-order valence-electron chi connectivity index (χ1n) is 11.0. The van der Waals surface area contributed by atoms with Crippen LogP contribution in [-0.2, 0) is 18.8 Å². The molecule has 1 fully saturated rings. The molecule has 2 heterocycles. The summed E-state index contributed by atoms with van der Waals surface area (Å²) >= 11 is 3.25. The minimum absolute atomic E-state index is 0.0284. The van der Waals surface area contributed by atoms with Gasteiger partial charge in [-0.25, -0.2) is 4.98 Å². The van der Waals surface area contributed by atoms with Crippen molar-refractivity contribution in [2.75, 3.05) is 13.1 Å². The summed E-state index contributed by atoms with van der Waals surface area (Å²) in [4.78, 5) is 20.8. The number of thioether (sulfide) groups is 1. The summed E-state index contributed by atoms with van der Waals surface area (Å²) in [6.45, 7) is 3.92. The lowest BCUT2D eigenvalue weighted by Gasteiger charge is -2.20. The largest absolute Gasteiger partial charge is 0.348 e. The molecule has 6 heteroatoms. The third-order valence-electron chi connectivity index (χ3n) is 5.54. The van der Waals surface area contributed by atoms with E-state index < -0.39 is 0 Å². The Morgan fingerprint density at radius 1 is 1.03 bits per heavy atom. The average molecular weight is 452 g/mol. The minimum Gasteiger partial charge on any atom is -0.348 e. The summed E-state index contributed by atoms with van der Waals surface area (Å²) in [6, 6.07) is 16.4. The van der Waals surface area contributed by atoms with E-state index in [9.17, 15) is 4.79 Å². The Balaban J connectivity index is 1.34. The van der Waals surface area contributed by atoms with Gasteiger partial charge in [0.2, 0.25) is 0 Å². The van der Waals surface area contributed by atoms with Gasteiger partial charge in [-0.15, -0.1) is 23.1 Å². The second-order valence-electron chi connectivity index (χ2n) is 7.96. The Morgan fingerprint density at radius 3 is 2.65 bits per heavy atom. The maximum absolute atomic E-state index is 12.9. The summed E-state index contributed by atoms with van der Waals surface area (Å²) in [6.07, 6.45) is 5.31. The van der Waals surface area contributed by atoms with E-state index in [-0.39, 0.29) is 5.91 Å². The smallest absolute Gasteiger partial charge is 0.252 e. The topological polar surface area (TPSA) is 45.2 Å². The predicted molar refractivity (Wildman–Crippen MR) is 129 cm³/mol. The van der Waals surface area contributed by atoms with Crippen molar-refractivity contribution in [3.63, 3.8) is 0 Å². The number of nitrogens with zero attached hydrogens (tertiary/aromatic N) is 2. The van der Waals surface area contributed by atoms with Crippen molar-refractivity contribution in [3.8, 4) is 0 Å². The Labute approximate surface area is 193 Å².